The molecule has 0 aromatic carbocycles. The van der Waals surface area contributed by atoms with Crippen molar-refractivity contribution in [1.29, 1.82) is 5.41 Å². The maximum Gasteiger partial charge on any atom is 0.238 e. The monoisotopic (exact) mass is 99.0 g/mol. The minimum atomic E-state index is -0.750. The van der Waals surface area contributed by atoms with E-state index in [0.717, 1.165) is 6.92 Å². The van der Waals surface area contributed by atoms with Gasteiger partial charge in [0.05, 0.1) is 6.21 Å². The normalized spacial score (nSPS) is 7.57. The smallest absolute Gasteiger partial charge is 0.238 e. The van der Waals surface area contributed by atoms with Crippen LogP contribution in [0, 0.1) is 5.41 Å². The molecule has 0 aliphatic carbocycles. The Kier molecular flexibility index (Phi) is 1.91. The average Bonchev–Trinajstić information content (AvgIpc) is 1.65. The van der Waals surface area contributed by atoms with Crippen molar-refractivity contribution in [1.82, 2.24) is 0 Å². The molecule has 0 unspecified atom stereocenters. The molecule has 0 aromatic rings. The second-order valence-electron chi connectivity index (χ2n) is 1.06. The Morgan fingerprint density at radius 2 is 2.00 bits per heavy atom. The summed E-state index contributed by atoms with van der Waals surface area (Å²) >= 11 is 0. The third kappa shape index (κ3) is 1.81. The fourth-order valence-electron chi connectivity index (χ4n) is 0.102. The van der Waals surface area contributed by atoms with E-state index in [0.29, 0.717) is 6.21 Å². The van der Waals surface area contributed by atoms with Crippen LogP contribution in [0.15, 0.2) is 0 Å². The van der Waals surface area contributed by atoms with Crippen molar-refractivity contribution in [2.75, 3.05) is 0 Å². The van der Waals surface area contributed by atoms with Crippen LogP contribution in [0.2, 0.25) is 0 Å². The lowest BCUT2D eigenvalue weighted by atomic mass is 10.3. The molecule has 0 radical (unpaired) electrons. The highest BCUT2D eigenvalue weighted by Crippen LogP contribution is 1.65. The summed E-state index contributed by atoms with van der Waals surface area (Å²) < 4.78 is 0. The number of ketones is 2. The maximum atomic E-state index is 9.92. The van der Waals surface area contributed by atoms with Crippen molar-refractivity contribution in [3.63, 3.8) is 0 Å². The van der Waals surface area contributed by atoms with Gasteiger partial charge < -0.3 is 5.41 Å². The lowest BCUT2D eigenvalue weighted by molar-refractivity contribution is -0.131. The number of hydrogen-bond acceptors (Lipinski definition) is 3. The van der Waals surface area contributed by atoms with Crippen LogP contribution >= 0.6 is 0 Å². The lowest BCUT2D eigenvalue weighted by Gasteiger charge is -1.75. The summed E-state index contributed by atoms with van der Waals surface area (Å²) in [5.41, 5.74) is 0. The van der Waals surface area contributed by atoms with E-state index in [1.165, 1.54) is 0 Å². The van der Waals surface area contributed by atoms with Gasteiger partial charge in [-0.2, -0.15) is 0 Å². The Morgan fingerprint density at radius 1 is 1.57 bits per heavy atom. The summed E-state index contributed by atoms with van der Waals surface area (Å²) in [4.78, 5) is 19.8. The van der Waals surface area contributed by atoms with Gasteiger partial charge in [0.25, 0.3) is 0 Å². The third-order valence-corrected chi connectivity index (χ3v) is 0.478. The number of carbonyl (C=O) groups excluding carboxylic acids is 2. The van der Waals surface area contributed by atoms with Gasteiger partial charge in [0, 0.05) is 6.92 Å². The fourth-order valence-corrected chi connectivity index (χ4v) is 0.102. The van der Waals surface area contributed by atoms with Gasteiger partial charge in [0.2, 0.25) is 11.6 Å². The van der Waals surface area contributed by atoms with E-state index in [1.807, 2.05) is 0 Å². The van der Waals surface area contributed by atoms with Crippen LogP contribution in [-0.4, -0.2) is 17.8 Å². The van der Waals surface area contributed by atoms with Crippen molar-refractivity contribution in [2.45, 2.75) is 6.92 Å². The van der Waals surface area contributed by atoms with E-state index in [9.17, 15) is 9.59 Å². The van der Waals surface area contributed by atoms with E-state index in [2.05, 4.69) is 0 Å². The summed E-state index contributed by atoms with van der Waals surface area (Å²) in [6.07, 6.45) is 0.502. The van der Waals surface area contributed by atoms with Crippen LogP contribution in [-0.2, 0) is 9.59 Å². The molecule has 3 heteroatoms. The van der Waals surface area contributed by atoms with E-state index in [4.69, 9.17) is 5.41 Å². The summed E-state index contributed by atoms with van der Waals surface area (Å²) in [6.45, 7) is 1.13. The molecule has 1 N–H and O–H groups in total. The van der Waals surface area contributed by atoms with Crippen molar-refractivity contribution < 1.29 is 9.59 Å². The van der Waals surface area contributed by atoms with Crippen molar-refractivity contribution in [3.8, 4) is 0 Å². The first kappa shape index (κ1) is 6.01. The molecule has 7 heavy (non-hydrogen) atoms. The van der Waals surface area contributed by atoms with Crippen LogP contribution in [0.5, 0.6) is 0 Å². The molecular weight excluding hydrogens is 94.0 g/mol. The molecule has 0 spiro atoms. The zero-order chi connectivity index (χ0) is 5.86. The Hall–Kier alpha value is -0.990. The molecule has 0 bridgehead atoms. The lowest BCUT2D eigenvalue weighted by Crippen LogP contribution is -2.08. The quantitative estimate of drug-likeness (QED) is 0.384. The zero-order valence-electron chi connectivity index (χ0n) is 3.89. The summed E-state index contributed by atoms with van der Waals surface area (Å²) in [6, 6.07) is 0. The fraction of sp³-hybridized carbons (Fsp3) is 0.250. The minimum Gasteiger partial charge on any atom is -0.305 e. The highest BCUT2D eigenvalue weighted by atomic mass is 16.2. The van der Waals surface area contributed by atoms with Gasteiger partial charge in [-0.15, -0.1) is 0 Å². The van der Waals surface area contributed by atoms with E-state index in [1.54, 1.807) is 0 Å². The molecule has 0 saturated heterocycles. The van der Waals surface area contributed by atoms with Crippen LogP contribution < -0.4 is 0 Å². The molecule has 0 fully saturated rings. The molecule has 0 rings (SSSR count). The van der Waals surface area contributed by atoms with Crippen LogP contribution in [0.1, 0.15) is 6.92 Å². The largest absolute Gasteiger partial charge is 0.305 e. The second-order valence-corrected chi connectivity index (χ2v) is 1.06. The minimum absolute atomic E-state index is 0.502. The number of nitrogens with one attached hydrogen (secondary N) is 1. The Morgan fingerprint density at radius 3 is 2.00 bits per heavy atom. The SMILES string of the molecule is CC(=O)C(=O)C=N. The maximum absolute atomic E-state index is 9.92. The summed E-state index contributed by atoms with van der Waals surface area (Å²) in [5.74, 6) is -1.34. The van der Waals surface area contributed by atoms with Crippen LogP contribution in [0.4, 0.5) is 0 Å². The van der Waals surface area contributed by atoms with Gasteiger partial charge in [0.15, 0.2) is 0 Å². The first-order valence-electron chi connectivity index (χ1n) is 1.74. The number of Topliss-reactive ketones (excluding diaryl/α,β-unsaturated/α-hetero) is 2. The number of carbonyl (C=O) groups is 2. The Labute approximate surface area is 40.8 Å². The third-order valence-electron chi connectivity index (χ3n) is 0.478. The van der Waals surface area contributed by atoms with Crippen LogP contribution in [0.3, 0.4) is 0 Å². The number of hydrogen-bond donors (Lipinski definition) is 1. The zero-order valence-corrected chi connectivity index (χ0v) is 3.89. The molecule has 0 aromatic heterocycles. The van der Waals surface area contributed by atoms with Gasteiger partial charge in [-0.05, 0) is 0 Å². The van der Waals surface area contributed by atoms with Gasteiger partial charge >= 0.3 is 0 Å². The van der Waals surface area contributed by atoms with Gasteiger partial charge in [-0.25, -0.2) is 0 Å². The molecular formula is C4H5NO2. The molecule has 0 saturated carbocycles. The summed E-state index contributed by atoms with van der Waals surface area (Å²) in [7, 11) is 0. The van der Waals surface area contributed by atoms with Gasteiger partial charge in [-0.1, -0.05) is 0 Å². The van der Waals surface area contributed by atoms with Gasteiger partial charge in [0.1, 0.15) is 0 Å². The predicted octanol–water partition coefficient (Wildman–Crippen LogP) is -0.206. The van der Waals surface area contributed by atoms with E-state index in [-0.39, 0.29) is 0 Å². The summed E-state index contributed by atoms with van der Waals surface area (Å²) in [5, 5.41) is 6.24. The van der Waals surface area contributed by atoms with Crippen LogP contribution in [0.25, 0.3) is 0 Å². The number of rotatable bonds is 2. The predicted molar refractivity (Wildman–Crippen MR) is 24.5 cm³/mol. The second kappa shape index (κ2) is 2.23. The molecule has 3 nitrogen and oxygen atoms in total. The Bertz CT molecular complexity index is 117. The van der Waals surface area contributed by atoms with Crippen molar-refractivity contribution in [2.24, 2.45) is 0 Å². The standard InChI is InChI=1S/C4H5NO2/c1-3(6)4(7)2-5/h2,5H,1H3. The molecule has 0 heterocycles. The molecule has 38 valence electrons. The first-order chi connectivity index (χ1) is 3.18. The van der Waals surface area contributed by atoms with Crippen molar-refractivity contribution >= 4 is 17.8 Å². The molecule has 0 aliphatic rings. The van der Waals surface area contributed by atoms with Crippen molar-refractivity contribution in [3.05, 3.63) is 0 Å². The highest BCUT2D eigenvalue weighted by molar-refractivity contribution is 6.57. The topological polar surface area (TPSA) is 58.0 Å². The highest BCUT2D eigenvalue weighted by Gasteiger charge is 1.99. The molecule has 0 aliphatic heterocycles. The Balaban J connectivity index is 3.81. The van der Waals surface area contributed by atoms with E-state index < -0.39 is 11.6 Å². The van der Waals surface area contributed by atoms with E-state index >= 15 is 0 Å². The molecule has 0 amide bonds. The molecule has 0 atom stereocenters. The first-order valence-corrected chi connectivity index (χ1v) is 1.74. The average molecular weight is 99.1 g/mol. The van der Waals surface area contributed by atoms with Gasteiger partial charge in [-0.3, -0.25) is 9.59 Å².